The third kappa shape index (κ3) is 3.59. The molecule has 3 aromatic rings. The van der Waals surface area contributed by atoms with Gasteiger partial charge in [0.15, 0.2) is 23.0 Å². The Morgan fingerprint density at radius 2 is 2.15 bits per heavy atom. The second-order valence-electron chi connectivity index (χ2n) is 6.08. The number of nitrogens with zero attached hydrogens (tertiary/aromatic N) is 3. The summed E-state index contributed by atoms with van der Waals surface area (Å²) in [6.45, 7) is 2.80. The van der Waals surface area contributed by atoms with Crippen LogP contribution in [0.4, 0.5) is 0 Å². The van der Waals surface area contributed by atoms with Crippen molar-refractivity contribution < 1.29 is 14.3 Å². The Bertz CT molecular complexity index is 1030. The van der Waals surface area contributed by atoms with Crippen molar-refractivity contribution in [3.63, 3.8) is 0 Å². The maximum Gasteiger partial charge on any atom is 0.244 e. The van der Waals surface area contributed by atoms with Crippen LogP contribution in [-0.2, 0) is 4.79 Å². The summed E-state index contributed by atoms with van der Waals surface area (Å²) in [5.41, 5.74) is 1.48. The van der Waals surface area contributed by atoms with E-state index in [0.29, 0.717) is 35.6 Å². The lowest BCUT2D eigenvalue weighted by Gasteiger charge is -2.19. The van der Waals surface area contributed by atoms with Crippen molar-refractivity contribution in [2.75, 3.05) is 13.2 Å². The average molecular weight is 385 g/mol. The molecule has 1 atom stereocenters. The molecule has 7 nitrogen and oxygen atoms in total. The third-order valence-electron chi connectivity index (χ3n) is 4.13. The highest BCUT2D eigenvalue weighted by molar-refractivity contribution is 6.32. The van der Waals surface area contributed by atoms with Crippen LogP contribution in [0.15, 0.2) is 42.6 Å². The van der Waals surface area contributed by atoms with Crippen LogP contribution in [0.5, 0.6) is 11.5 Å². The molecule has 1 aromatic carbocycles. The summed E-state index contributed by atoms with van der Waals surface area (Å²) in [7, 11) is 0. The standard InChI is InChI=1S/C19H17ClN4O3/c1-12(19-23-22-16-4-2-3-7-24(16)19)21-17(25)6-5-13-10-14(20)18-15(11-13)26-8-9-27-18/h2-7,10-12H,8-9H2,1H3,(H,21,25)/b6-5+. The first-order chi connectivity index (χ1) is 13.1. The number of carbonyl (C=O) groups is 1. The summed E-state index contributed by atoms with van der Waals surface area (Å²) >= 11 is 6.21. The zero-order valence-corrected chi connectivity index (χ0v) is 15.3. The van der Waals surface area contributed by atoms with Gasteiger partial charge in [0.2, 0.25) is 5.91 Å². The van der Waals surface area contributed by atoms with E-state index in [9.17, 15) is 4.79 Å². The van der Waals surface area contributed by atoms with Gasteiger partial charge in [0, 0.05) is 12.3 Å². The van der Waals surface area contributed by atoms with Crippen LogP contribution in [0.3, 0.4) is 0 Å². The van der Waals surface area contributed by atoms with Crippen molar-refractivity contribution in [3.05, 3.63) is 59.0 Å². The highest BCUT2D eigenvalue weighted by Gasteiger charge is 2.17. The number of amides is 1. The first-order valence-electron chi connectivity index (χ1n) is 8.49. The molecule has 0 saturated heterocycles. The number of aromatic nitrogens is 3. The summed E-state index contributed by atoms with van der Waals surface area (Å²) < 4.78 is 12.9. The van der Waals surface area contributed by atoms with E-state index in [-0.39, 0.29) is 11.9 Å². The Kier molecular flexibility index (Phi) is 4.68. The molecule has 4 rings (SSSR count). The molecule has 138 valence electrons. The van der Waals surface area contributed by atoms with Crippen LogP contribution in [0, 0.1) is 0 Å². The summed E-state index contributed by atoms with van der Waals surface area (Å²) in [6.07, 6.45) is 4.98. The predicted molar refractivity (Wildman–Crippen MR) is 101 cm³/mol. The van der Waals surface area contributed by atoms with Gasteiger partial charge >= 0.3 is 0 Å². The van der Waals surface area contributed by atoms with Gasteiger partial charge < -0.3 is 14.8 Å². The van der Waals surface area contributed by atoms with Crippen LogP contribution in [-0.4, -0.2) is 33.7 Å². The number of rotatable bonds is 4. The van der Waals surface area contributed by atoms with Crippen LogP contribution in [0.1, 0.15) is 24.4 Å². The summed E-state index contributed by atoms with van der Waals surface area (Å²) in [5.74, 6) is 1.53. The molecule has 0 saturated carbocycles. The van der Waals surface area contributed by atoms with E-state index < -0.39 is 0 Å². The molecule has 0 spiro atoms. The quantitative estimate of drug-likeness (QED) is 0.699. The lowest BCUT2D eigenvalue weighted by molar-refractivity contribution is -0.117. The first kappa shape index (κ1) is 17.4. The van der Waals surface area contributed by atoms with Crippen molar-refractivity contribution in [3.8, 4) is 11.5 Å². The number of hydrogen-bond donors (Lipinski definition) is 1. The number of pyridine rings is 1. The summed E-state index contributed by atoms with van der Waals surface area (Å²) in [5, 5.41) is 11.6. The number of ether oxygens (including phenoxy) is 2. The number of carbonyl (C=O) groups excluding carboxylic acids is 1. The van der Waals surface area contributed by atoms with Gasteiger partial charge in [0.25, 0.3) is 0 Å². The fraction of sp³-hybridized carbons (Fsp3) is 0.211. The molecule has 1 N–H and O–H groups in total. The molecular weight excluding hydrogens is 368 g/mol. The maximum atomic E-state index is 12.3. The molecule has 27 heavy (non-hydrogen) atoms. The largest absolute Gasteiger partial charge is 0.486 e. The fourth-order valence-electron chi connectivity index (χ4n) is 2.88. The molecule has 1 aliphatic rings. The average Bonchev–Trinajstić information content (AvgIpc) is 3.11. The van der Waals surface area contributed by atoms with Gasteiger partial charge in [-0.05, 0) is 42.8 Å². The van der Waals surface area contributed by atoms with Gasteiger partial charge in [-0.3, -0.25) is 9.20 Å². The van der Waals surface area contributed by atoms with E-state index in [1.807, 2.05) is 35.7 Å². The minimum Gasteiger partial charge on any atom is -0.486 e. The molecule has 0 bridgehead atoms. The highest BCUT2D eigenvalue weighted by Crippen LogP contribution is 2.38. The van der Waals surface area contributed by atoms with E-state index in [4.69, 9.17) is 21.1 Å². The van der Waals surface area contributed by atoms with E-state index in [1.165, 1.54) is 6.08 Å². The van der Waals surface area contributed by atoms with Crippen molar-refractivity contribution in [2.24, 2.45) is 0 Å². The van der Waals surface area contributed by atoms with Gasteiger partial charge in [0.1, 0.15) is 13.2 Å². The van der Waals surface area contributed by atoms with Crippen LogP contribution in [0.2, 0.25) is 5.02 Å². The molecule has 1 aliphatic heterocycles. The summed E-state index contributed by atoms with van der Waals surface area (Å²) in [4.78, 5) is 12.3. The van der Waals surface area contributed by atoms with Gasteiger partial charge in [0.05, 0.1) is 11.1 Å². The minimum atomic E-state index is -0.302. The second kappa shape index (κ2) is 7.28. The van der Waals surface area contributed by atoms with Gasteiger partial charge in [-0.25, -0.2) is 0 Å². The second-order valence-corrected chi connectivity index (χ2v) is 6.48. The Morgan fingerprint density at radius 1 is 1.30 bits per heavy atom. The number of benzene rings is 1. The van der Waals surface area contributed by atoms with Crippen LogP contribution >= 0.6 is 11.6 Å². The van der Waals surface area contributed by atoms with E-state index in [1.54, 1.807) is 18.2 Å². The predicted octanol–water partition coefficient (Wildman–Crippen LogP) is 3.04. The highest BCUT2D eigenvalue weighted by atomic mass is 35.5. The first-order valence-corrected chi connectivity index (χ1v) is 8.87. The van der Waals surface area contributed by atoms with Crippen LogP contribution in [0.25, 0.3) is 11.7 Å². The normalized spacial score (nSPS) is 14.4. The smallest absolute Gasteiger partial charge is 0.244 e. The zero-order valence-electron chi connectivity index (χ0n) is 14.6. The molecule has 1 unspecified atom stereocenters. The van der Waals surface area contributed by atoms with Gasteiger partial charge in [-0.1, -0.05) is 17.7 Å². The molecule has 0 aliphatic carbocycles. The minimum absolute atomic E-state index is 0.249. The molecule has 8 heteroatoms. The Hall–Kier alpha value is -3.06. The van der Waals surface area contributed by atoms with Crippen molar-refractivity contribution >= 4 is 29.2 Å². The zero-order chi connectivity index (χ0) is 18.8. The topological polar surface area (TPSA) is 77.8 Å². The van der Waals surface area contributed by atoms with Gasteiger partial charge in [-0.15, -0.1) is 10.2 Å². The number of hydrogen-bond acceptors (Lipinski definition) is 5. The Morgan fingerprint density at radius 3 is 3.04 bits per heavy atom. The SMILES string of the molecule is CC(NC(=O)/C=C/c1cc(Cl)c2c(c1)OCCO2)c1nnc2ccccn12. The molecular formula is C19H17ClN4O3. The lowest BCUT2D eigenvalue weighted by atomic mass is 10.1. The molecule has 0 fully saturated rings. The maximum absolute atomic E-state index is 12.3. The van der Waals surface area contributed by atoms with Crippen molar-refractivity contribution in [1.82, 2.24) is 19.9 Å². The van der Waals surface area contributed by atoms with Crippen LogP contribution < -0.4 is 14.8 Å². The molecule has 3 heterocycles. The molecule has 0 radical (unpaired) electrons. The van der Waals surface area contributed by atoms with Gasteiger partial charge in [-0.2, -0.15) is 0 Å². The number of fused-ring (bicyclic) bond motifs is 2. The van der Waals surface area contributed by atoms with E-state index in [2.05, 4.69) is 15.5 Å². The Balaban J connectivity index is 1.47. The molecule has 1 amide bonds. The lowest BCUT2D eigenvalue weighted by Crippen LogP contribution is -2.26. The van der Waals surface area contributed by atoms with Crippen molar-refractivity contribution in [2.45, 2.75) is 13.0 Å². The Labute approximate surface area is 160 Å². The third-order valence-corrected chi connectivity index (χ3v) is 4.41. The number of halogens is 1. The van der Waals surface area contributed by atoms with E-state index >= 15 is 0 Å². The molecule has 2 aromatic heterocycles. The fourth-order valence-corrected chi connectivity index (χ4v) is 3.15. The number of nitrogens with one attached hydrogen (secondary N) is 1. The van der Waals surface area contributed by atoms with Crippen molar-refractivity contribution in [1.29, 1.82) is 0 Å². The monoisotopic (exact) mass is 384 g/mol. The summed E-state index contributed by atoms with van der Waals surface area (Å²) in [6, 6.07) is 8.85. The van der Waals surface area contributed by atoms with E-state index in [0.717, 1.165) is 11.2 Å².